The highest BCUT2D eigenvalue weighted by Gasteiger charge is 2.48. The molecule has 10 heteroatoms. The monoisotopic (exact) mass is 471 g/mol. The number of carbonyl (C=O) groups excluding carboxylic acids is 2. The summed E-state index contributed by atoms with van der Waals surface area (Å²) in [6.45, 7) is 9.35. The predicted molar refractivity (Wildman–Crippen MR) is 125 cm³/mol. The summed E-state index contributed by atoms with van der Waals surface area (Å²) in [6, 6.07) is 4.44. The number of anilines is 1. The van der Waals surface area contributed by atoms with Crippen LogP contribution in [0.1, 0.15) is 32.8 Å². The number of hydrogen-bond acceptors (Lipinski definition) is 7. The molecular formula is C23H29N5O4S. The molecule has 1 aromatic heterocycles. The average Bonchev–Trinajstić information content (AvgIpc) is 3.39. The van der Waals surface area contributed by atoms with Crippen LogP contribution in [-0.4, -0.2) is 83.4 Å². The molecule has 0 radical (unpaired) electrons. The molecule has 0 saturated carbocycles. The Bertz CT molecular complexity index is 1120. The van der Waals surface area contributed by atoms with Gasteiger partial charge in [0.15, 0.2) is 5.13 Å². The van der Waals surface area contributed by atoms with E-state index in [2.05, 4.69) is 10.2 Å². The molecule has 9 nitrogen and oxygen atoms in total. The van der Waals surface area contributed by atoms with Gasteiger partial charge in [0.2, 0.25) is 0 Å². The first-order chi connectivity index (χ1) is 15.8. The molecule has 176 valence electrons. The number of fused-ring (bicyclic) bond motifs is 4. The Kier molecular flexibility index (Phi) is 4.74. The van der Waals surface area contributed by atoms with E-state index in [0.717, 1.165) is 52.6 Å². The Balaban J connectivity index is 1.17. The summed E-state index contributed by atoms with van der Waals surface area (Å²) in [5.74, 6) is 0.909. The van der Waals surface area contributed by atoms with Crippen LogP contribution in [0.25, 0.3) is 10.2 Å². The summed E-state index contributed by atoms with van der Waals surface area (Å²) >= 11 is 1.57. The van der Waals surface area contributed by atoms with Crippen molar-refractivity contribution in [1.82, 2.24) is 20.1 Å². The highest BCUT2D eigenvalue weighted by Crippen LogP contribution is 2.40. The van der Waals surface area contributed by atoms with Gasteiger partial charge in [0.25, 0.3) is 0 Å². The largest absolute Gasteiger partial charge is 0.493 e. The number of benzene rings is 1. The third-order valence-electron chi connectivity index (χ3n) is 6.93. The molecule has 6 rings (SSSR count). The quantitative estimate of drug-likeness (QED) is 0.725. The van der Waals surface area contributed by atoms with Crippen molar-refractivity contribution in [2.75, 3.05) is 37.7 Å². The van der Waals surface area contributed by atoms with Gasteiger partial charge < -0.3 is 19.7 Å². The van der Waals surface area contributed by atoms with Crippen LogP contribution in [0.4, 0.5) is 14.7 Å². The fourth-order valence-corrected chi connectivity index (χ4v) is 6.30. The SMILES string of the molecule is CC(C)(C)OC(=O)N1CC(N2CC[C@@H]3NC(=O)N(c4nc5c6c(ccc5s4)OCC6)[C@@H]3C2)C1. The second-order valence-corrected chi connectivity index (χ2v) is 11.3. The molecule has 1 aromatic carbocycles. The summed E-state index contributed by atoms with van der Waals surface area (Å²) in [7, 11) is 0. The van der Waals surface area contributed by atoms with E-state index in [1.165, 1.54) is 0 Å². The molecule has 3 amide bonds. The average molecular weight is 472 g/mol. The lowest BCUT2D eigenvalue weighted by Crippen LogP contribution is -2.65. The van der Waals surface area contributed by atoms with Crippen molar-refractivity contribution in [1.29, 1.82) is 0 Å². The Morgan fingerprint density at radius 3 is 2.88 bits per heavy atom. The van der Waals surface area contributed by atoms with Crippen LogP contribution < -0.4 is 15.0 Å². The second-order valence-electron chi connectivity index (χ2n) is 10.3. The molecule has 0 unspecified atom stereocenters. The van der Waals surface area contributed by atoms with Crippen LogP contribution in [0.2, 0.25) is 0 Å². The molecule has 2 atom stereocenters. The molecule has 0 spiro atoms. The van der Waals surface area contributed by atoms with Gasteiger partial charge in [-0.25, -0.2) is 14.6 Å². The maximum atomic E-state index is 13.0. The molecule has 0 bridgehead atoms. The molecule has 33 heavy (non-hydrogen) atoms. The van der Waals surface area contributed by atoms with E-state index < -0.39 is 5.60 Å². The number of rotatable bonds is 2. The highest BCUT2D eigenvalue weighted by molar-refractivity contribution is 7.22. The van der Waals surface area contributed by atoms with Gasteiger partial charge in [-0.2, -0.15) is 0 Å². The number of nitrogens with zero attached hydrogens (tertiary/aromatic N) is 4. The van der Waals surface area contributed by atoms with Crippen molar-refractivity contribution in [3.05, 3.63) is 17.7 Å². The summed E-state index contributed by atoms with van der Waals surface area (Å²) in [4.78, 5) is 36.2. The number of aromatic nitrogens is 1. The van der Waals surface area contributed by atoms with E-state index in [1.807, 2.05) is 37.8 Å². The van der Waals surface area contributed by atoms with Gasteiger partial charge in [0.05, 0.1) is 28.9 Å². The van der Waals surface area contributed by atoms with E-state index in [-0.39, 0.29) is 24.2 Å². The number of ether oxygens (including phenoxy) is 2. The number of thiazole rings is 1. The van der Waals surface area contributed by atoms with Gasteiger partial charge >= 0.3 is 12.1 Å². The zero-order valence-corrected chi connectivity index (χ0v) is 20.0. The fourth-order valence-electron chi connectivity index (χ4n) is 5.25. The zero-order chi connectivity index (χ0) is 22.9. The topological polar surface area (TPSA) is 87.2 Å². The van der Waals surface area contributed by atoms with E-state index in [1.54, 1.807) is 16.2 Å². The Morgan fingerprint density at radius 2 is 2.09 bits per heavy atom. The normalized spacial score (nSPS) is 25.5. The molecule has 2 aromatic rings. The van der Waals surface area contributed by atoms with Crippen molar-refractivity contribution in [2.24, 2.45) is 0 Å². The van der Waals surface area contributed by atoms with Crippen molar-refractivity contribution >= 4 is 38.8 Å². The number of piperidine rings is 1. The second kappa shape index (κ2) is 7.46. The highest BCUT2D eigenvalue weighted by atomic mass is 32.1. The van der Waals surface area contributed by atoms with Crippen molar-refractivity contribution in [2.45, 2.75) is 57.3 Å². The number of amides is 3. The fraction of sp³-hybridized carbons (Fsp3) is 0.609. The first-order valence-corrected chi connectivity index (χ1v) is 12.5. The minimum atomic E-state index is -0.486. The summed E-state index contributed by atoms with van der Waals surface area (Å²) in [5, 5.41) is 3.92. The molecule has 3 fully saturated rings. The van der Waals surface area contributed by atoms with E-state index in [0.29, 0.717) is 25.7 Å². The van der Waals surface area contributed by atoms with Crippen LogP contribution in [0, 0.1) is 0 Å². The predicted octanol–water partition coefficient (Wildman–Crippen LogP) is 2.82. The molecule has 1 N–H and O–H groups in total. The maximum Gasteiger partial charge on any atom is 0.410 e. The van der Waals surface area contributed by atoms with Crippen LogP contribution in [0.15, 0.2) is 12.1 Å². The number of hydrogen-bond donors (Lipinski definition) is 1. The van der Waals surface area contributed by atoms with Gasteiger partial charge in [0, 0.05) is 44.2 Å². The maximum absolute atomic E-state index is 13.0. The lowest BCUT2D eigenvalue weighted by molar-refractivity contribution is -0.0207. The number of carbonyl (C=O) groups is 2. The summed E-state index contributed by atoms with van der Waals surface area (Å²) in [5.41, 5.74) is 1.62. The third kappa shape index (κ3) is 3.59. The molecule has 4 aliphatic heterocycles. The third-order valence-corrected chi connectivity index (χ3v) is 7.95. The standard InChI is InChI=1S/C23H29N5O4S/c1-23(2,3)32-22(30)27-10-13(11-27)26-8-6-15-16(12-26)28(20(29)24-15)21-25-19-14-7-9-31-17(14)4-5-18(19)33-21/h4-5,13,15-16H,6-12H2,1-3H3,(H,24,29)/t15-,16+/m0/s1. The number of nitrogens with one attached hydrogen (secondary N) is 1. The van der Waals surface area contributed by atoms with Gasteiger partial charge in [0.1, 0.15) is 11.4 Å². The minimum absolute atomic E-state index is 0.0340. The lowest BCUT2D eigenvalue weighted by Gasteiger charge is -2.48. The minimum Gasteiger partial charge on any atom is -0.493 e. The van der Waals surface area contributed by atoms with Crippen LogP contribution in [0.3, 0.4) is 0 Å². The molecule has 5 heterocycles. The van der Waals surface area contributed by atoms with Crippen molar-refractivity contribution < 1.29 is 19.1 Å². The van der Waals surface area contributed by atoms with Crippen LogP contribution in [-0.2, 0) is 11.2 Å². The Labute approximate surface area is 196 Å². The molecule has 0 aliphatic carbocycles. The first-order valence-electron chi connectivity index (χ1n) is 11.6. The smallest absolute Gasteiger partial charge is 0.410 e. The van der Waals surface area contributed by atoms with Crippen molar-refractivity contribution in [3.63, 3.8) is 0 Å². The van der Waals surface area contributed by atoms with Gasteiger partial charge in [-0.3, -0.25) is 9.80 Å². The molecular weight excluding hydrogens is 442 g/mol. The van der Waals surface area contributed by atoms with Gasteiger partial charge in [-0.05, 0) is 39.3 Å². The van der Waals surface area contributed by atoms with E-state index >= 15 is 0 Å². The van der Waals surface area contributed by atoms with Crippen LogP contribution in [0.5, 0.6) is 5.75 Å². The zero-order valence-electron chi connectivity index (χ0n) is 19.2. The van der Waals surface area contributed by atoms with E-state index in [4.69, 9.17) is 14.5 Å². The molecule has 4 aliphatic rings. The summed E-state index contributed by atoms with van der Waals surface area (Å²) in [6.07, 6.45) is 1.50. The Morgan fingerprint density at radius 1 is 1.27 bits per heavy atom. The molecule has 3 saturated heterocycles. The summed E-state index contributed by atoms with van der Waals surface area (Å²) < 4.78 is 12.3. The van der Waals surface area contributed by atoms with E-state index in [9.17, 15) is 9.59 Å². The lowest BCUT2D eigenvalue weighted by atomic mass is 9.96. The number of urea groups is 1. The first kappa shape index (κ1) is 21.0. The van der Waals surface area contributed by atoms with Gasteiger partial charge in [-0.1, -0.05) is 11.3 Å². The Hall–Kier alpha value is -2.59. The van der Waals surface area contributed by atoms with Gasteiger partial charge in [-0.15, -0.1) is 0 Å². The van der Waals surface area contributed by atoms with Crippen molar-refractivity contribution in [3.8, 4) is 5.75 Å². The van der Waals surface area contributed by atoms with Crippen LogP contribution >= 0.6 is 11.3 Å². The number of likely N-dealkylation sites (tertiary alicyclic amines) is 2.